The molecule has 1 heteroatoms. The number of hydrogen-bond acceptors (Lipinski definition) is 1. The van der Waals surface area contributed by atoms with Crippen LogP contribution >= 0.6 is 0 Å². The quantitative estimate of drug-likeness (QED) is 0.687. The van der Waals surface area contributed by atoms with Crippen molar-refractivity contribution in [2.24, 2.45) is 0 Å². The fourth-order valence-electron chi connectivity index (χ4n) is 3.79. The number of carbonyl (C=O) groups is 1. The van der Waals surface area contributed by atoms with Gasteiger partial charge in [-0.2, -0.15) is 0 Å². The van der Waals surface area contributed by atoms with Crippen LogP contribution in [0.15, 0.2) is 18.2 Å². The van der Waals surface area contributed by atoms with Gasteiger partial charge in [0.05, 0.1) is 5.41 Å². The monoisotopic (exact) mass is 286 g/mol. The predicted molar refractivity (Wildman–Crippen MR) is 90.1 cm³/mol. The molecule has 0 spiro atoms. The molecule has 0 heterocycles. The Kier molecular flexibility index (Phi) is 4.08. The molecule has 1 aromatic rings. The normalized spacial score (nSPS) is 19.9. The minimum absolute atomic E-state index is 0.205. The highest BCUT2D eigenvalue weighted by molar-refractivity contribution is 5.69. The van der Waals surface area contributed by atoms with Gasteiger partial charge in [0, 0.05) is 0 Å². The van der Waals surface area contributed by atoms with Crippen LogP contribution in [0.3, 0.4) is 0 Å². The Morgan fingerprint density at radius 2 is 1.52 bits per heavy atom. The molecule has 0 aromatic heterocycles. The summed E-state index contributed by atoms with van der Waals surface area (Å²) in [5.41, 5.74) is 4.25. The van der Waals surface area contributed by atoms with Gasteiger partial charge in [-0.05, 0) is 53.2 Å². The lowest BCUT2D eigenvalue weighted by molar-refractivity contribution is -0.112. The van der Waals surface area contributed by atoms with Crippen molar-refractivity contribution in [1.82, 2.24) is 0 Å². The zero-order valence-electron chi connectivity index (χ0n) is 14.5. The van der Waals surface area contributed by atoms with Crippen molar-refractivity contribution in [3.63, 3.8) is 0 Å². The topological polar surface area (TPSA) is 17.1 Å². The van der Waals surface area contributed by atoms with Crippen LogP contribution in [0.1, 0.15) is 83.9 Å². The fraction of sp³-hybridized carbons (Fsp3) is 0.650. The van der Waals surface area contributed by atoms with E-state index in [9.17, 15) is 4.79 Å². The lowest BCUT2D eigenvalue weighted by atomic mass is 9.62. The summed E-state index contributed by atoms with van der Waals surface area (Å²) in [5.74, 6) is 0. The molecular weight excluding hydrogens is 256 g/mol. The van der Waals surface area contributed by atoms with E-state index in [1.165, 1.54) is 29.5 Å². The zero-order chi connectivity index (χ0) is 15.9. The smallest absolute Gasteiger partial charge is 0.130 e. The molecule has 0 bridgehead atoms. The summed E-state index contributed by atoms with van der Waals surface area (Å²) < 4.78 is 0. The molecule has 21 heavy (non-hydrogen) atoms. The molecular formula is C20H30O. The largest absolute Gasteiger partial charge is 0.302 e. The third kappa shape index (κ3) is 2.56. The molecule has 0 saturated heterocycles. The Labute approximate surface area is 130 Å². The van der Waals surface area contributed by atoms with Crippen LogP contribution in [0.5, 0.6) is 0 Å². The highest BCUT2D eigenvalue weighted by Crippen LogP contribution is 2.47. The average Bonchev–Trinajstić information content (AvgIpc) is 2.47. The van der Waals surface area contributed by atoms with Crippen molar-refractivity contribution in [1.29, 1.82) is 0 Å². The Morgan fingerprint density at radius 1 is 1.00 bits per heavy atom. The van der Waals surface area contributed by atoms with Gasteiger partial charge < -0.3 is 4.79 Å². The first-order valence-electron chi connectivity index (χ1n) is 8.34. The van der Waals surface area contributed by atoms with Crippen molar-refractivity contribution in [2.75, 3.05) is 0 Å². The van der Waals surface area contributed by atoms with Gasteiger partial charge in [-0.1, -0.05) is 59.7 Å². The van der Waals surface area contributed by atoms with Gasteiger partial charge in [-0.15, -0.1) is 0 Å². The maximum atomic E-state index is 11.7. The molecule has 2 rings (SSSR count). The first kappa shape index (κ1) is 16.3. The van der Waals surface area contributed by atoms with Crippen LogP contribution in [0.2, 0.25) is 0 Å². The second-order valence-corrected chi connectivity index (χ2v) is 8.01. The molecule has 0 amide bonds. The van der Waals surface area contributed by atoms with Gasteiger partial charge in [0.15, 0.2) is 0 Å². The van der Waals surface area contributed by atoms with Crippen molar-refractivity contribution in [3.05, 3.63) is 34.9 Å². The first-order chi connectivity index (χ1) is 9.72. The van der Waals surface area contributed by atoms with Crippen molar-refractivity contribution < 1.29 is 4.79 Å². The second-order valence-electron chi connectivity index (χ2n) is 8.01. The van der Waals surface area contributed by atoms with Gasteiger partial charge in [-0.25, -0.2) is 0 Å². The second kappa shape index (κ2) is 5.26. The molecule has 0 aliphatic heterocycles. The molecule has 1 aromatic carbocycles. The molecule has 0 radical (unpaired) electrons. The maximum absolute atomic E-state index is 11.7. The van der Waals surface area contributed by atoms with Crippen LogP contribution in [0.25, 0.3) is 0 Å². The van der Waals surface area contributed by atoms with Crippen molar-refractivity contribution in [3.8, 4) is 0 Å². The average molecular weight is 286 g/mol. The van der Waals surface area contributed by atoms with Gasteiger partial charge in [-0.3, -0.25) is 0 Å². The Balaban J connectivity index is 2.64. The molecule has 0 unspecified atom stereocenters. The summed E-state index contributed by atoms with van der Waals surface area (Å²) in [7, 11) is 0. The zero-order valence-corrected chi connectivity index (χ0v) is 14.5. The van der Waals surface area contributed by atoms with Gasteiger partial charge >= 0.3 is 0 Å². The highest BCUT2D eigenvalue weighted by atomic mass is 16.1. The van der Waals surface area contributed by atoms with E-state index in [-0.39, 0.29) is 16.2 Å². The van der Waals surface area contributed by atoms with E-state index >= 15 is 0 Å². The van der Waals surface area contributed by atoms with E-state index in [2.05, 4.69) is 59.7 Å². The number of hydrogen-bond donors (Lipinski definition) is 0. The summed E-state index contributed by atoms with van der Waals surface area (Å²) in [6.07, 6.45) is 5.34. The van der Waals surface area contributed by atoms with Crippen molar-refractivity contribution in [2.45, 2.75) is 83.5 Å². The van der Waals surface area contributed by atoms with E-state index in [1.54, 1.807) is 0 Å². The predicted octanol–water partition coefficient (Wildman–Crippen LogP) is 5.29. The Bertz CT molecular complexity index is 533. The minimum atomic E-state index is -0.313. The molecule has 0 saturated carbocycles. The molecule has 0 N–H and O–H groups in total. The van der Waals surface area contributed by atoms with E-state index in [1.807, 2.05) is 0 Å². The van der Waals surface area contributed by atoms with E-state index in [4.69, 9.17) is 0 Å². The first-order valence-corrected chi connectivity index (χ1v) is 8.34. The fourth-order valence-corrected chi connectivity index (χ4v) is 3.79. The summed E-state index contributed by atoms with van der Waals surface area (Å²) in [6.45, 7) is 13.6. The summed E-state index contributed by atoms with van der Waals surface area (Å²) in [6, 6.07) is 6.82. The maximum Gasteiger partial charge on any atom is 0.130 e. The standard InChI is InChI=1S/C20H30O/c1-7-20(8-2,14-21)15-9-10-16-17(13-15)19(5,6)12-11-18(16,3)4/h9-10,13-14H,7-8,11-12H2,1-6H3. The van der Waals surface area contributed by atoms with E-state index < -0.39 is 0 Å². The van der Waals surface area contributed by atoms with Gasteiger partial charge in [0.2, 0.25) is 0 Å². The number of fused-ring (bicyclic) bond motifs is 1. The lowest BCUT2D eigenvalue weighted by Gasteiger charge is -2.42. The van der Waals surface area contributed by atoms with Crippen molar-refractivity contribution >= 4 is 6.29 Å². The molecule has 1 aliphatic rings. The van der Waals surface area contributed by atoms with Crippen LogP contribution < -0.4 is 0 Å². The highest BCUT2D eigenvalue weighted by Gasteiger charge is 2.38. The van der Waals surface area contributed by atoms with Crippen LogP contribution in [0.4, 0.5) is 0 Å². The van der Waals surface area contributed by atoms with Gasteiger partial charge in [0.1, 0.15) is 6.29 Å². The molecule has 0 fully saturated rings. The Morgan fingerprint density at radius 3 is 2.00 bits per heavy atom. The summed E-state index contributed by atoms with van der Waals surface area (Å²) >= 11 is 0. The van der Waals surface area contributed by atoms with E-state index in [0.29, 0.717) is 0 Å². The van der Waals surface area contributed by atoms with Crippen LogP contribution in [0, 0.1) is 0 Å². The summed E-state index contributed by atoms with van der Waals surface area (Å²) in [5, 5.41) is 0. The molecule has 0 atom stereocenters. The van der Waals surface area contributed by atoms with Crippen LogP contribution in [-0.4, -0.2) is 6.29 Å². The van der Waals surface area contributed by atoms with Crippen LogP contribution in [-0.2, 0) is 21.0 Å². The molecule has 116 valence electrons. The molecule has 1 aliphatic carbocycles. The number of rotatable bonds is 4. The minimum Gasteiger partial charge on any atom is -0.302 e. The van der Waals surface area contributed by atoms with Gasteiger partial charge in [0.25, 0.3) is 0 Å². The third-order valence-corrected chi connectivity index (χ3v) is 5.92. The molecule has 1 nitrogen and oxygen atoms in total. The summed E-state index contributed by atoms with van der Waals surface area (Å²) in [4.78, 5) is 11.7. The third-order valence-electron chi connectivity index (χ3n) is 5.92. The number of aldehydes is 1. The SMILES string of the molecule is CCC(C=O)(CC)c1ccc2c(c1)C(C)(C)CCC2(C)C. The van der Waals surface area contributed by atoms with E-state index in [0.717, 1.165) is 19.1 Å². The lowest BCUT2D eigenvalue weighted by Crippen LogP contribution is -2.35. The number of carbonyl (C=O) groups excluding carboxylic acids is 1. The Hall–Kier alpha value is -1.11. The number of benzene rings is 1.